The summed E-state index contributed by atoms with van der Waals surface area (Å²) in [5.41, 5.74) is 1.93. The van der Waals surface area contributed by atoms with Crippen LogP contribution in [0.5, 0.6) is 0 Å². The summed E-state index contributed by atoms with van der Waals surface area (Å²) in [5.74, 6) is -1.42. The maximum absolute atomic E-state index is 14.9. The highest BCUT2D eigenvalue weighted by Crippen LogP contribution is 2.27. The summed E-state index contributed by atoms with van der Waals surface area (Å²) in [4.78, 5) is 21.1. The van der Waals surface area contributed by atoms with Crippen LogP contribution in [0.4, 0.5) is 8.78 Å². The molecule has 4 nitrogen and oxygen atoms in total. The third kappa shape index (κ3) is 3.12. The van der Waals surface area contributed by atoms with E-state index in [4.69, 9.17) is 0 Å². The van der Waals surface area contributed by atoms with Crippen LogP contribution in [0.3, 0.4) is 0 Å². The molecule has 0 fully saturated rings. The summed E-state index contributed by atoms with van der Waals surface area (Å²) >= 11 is 0. The lowest BCUT2D eigenvalue weighted by Crippen LogP contribution is -2.22. The molecule has 0 amide bonds. The Morgan fingerprint density at radius 1 is 0.800 bits per heavy atom. The fraction of sp³-hybridized carbons (Fsp3) is 0.0417. The summed E-state index contributed by atoms with van der Waals surface area (Å²) < 4.78 is 30.9. The summed E-state index contributed by atoms with van der Waals surface area (Å²) in [6.07, 6.45) is 3.01. The van der Waals surface area contributed by atoms with Gasteiger partial charge in [0.15, 0.2) is 0 Å². The van der Waals surface area contributed by atoms with Crippen molar-refractivity contribution in [1.29, 1.82) is 0 Å². The van der Waals surface area contributed by atoms with Crippen molar-refractivity contribution in [2.75, 3.05) is 0 Å². The first-order valence-corrected chi connectivity index (χ1v) is 9.37. The van der Waals surface area contributed by atoms with E-state index in [0.29, 0.717) is 22.0 Å². The molecule has 146 valence electrons. The number of rotatable bonds is 3. The van der Waals surface area contributed by atoms with Gasteiger partial charge in [0.2, 0.25) is 0 Å². The molecular formula is C24H15F2N3O. The number of aromatic nitrogens is 3. The first-order chi connectivity index (χ1) is 14.6. The third-order valence-electron chi connectivity index (χ3n) is 5.14. The Bertz CT molecular complexity index is 1450. The van der Waals surface area contributed by atoms with E-state index in [1.54, 1.807) is 36.5 Å². The Kier molecular flexibility index (Phi) is 4.32. The first kappa shape index (κ1) is 18.1. The molecule has 0 N–H and O–H groups in total. The van der Waals surface area contributed by atoms with E-state index in [9.17, 15) is 13.6 Å². The van der Waals surface area contributed by atoms with Crippen molar-refractivity contribution in [3.8, 4) is 11.1 Å². The van der Waals surface area contributed by atoms with E-state index in [2.05, 4.69) is 9.97 Å². The summed E-state index contributed by atoms with van der Waals surface area (Å²) in [6.45, 7) is -0.240. The summed E-state index contributed by atoms with van der Waals surface area (Å²) in [6, 6.07) is 18.6. The predicted octanol–water partition coefficient (Wildman–Crippen LogP) is 4.94. The Morgan fingerprint density at radius 3 is 2.43 bits per heavy atom. The molecule has 0 aliphatic carbocycles. The van der Waals surface area contributed by atoms with E-state index in [1.165, 1.54) is 23.0 Å². The Morgan fingerprint density at radius 2 is 1.60 bits per heavy atom. The highest BCUT2D eigenvalue weighted by Gasteiger charge is 2.15. The molecule has 2 aromatic heterocycles. The lowest BCUT2D eigenvalue weighted by Gasteiger charge is -2.11. The maximum atomic E-state index is 14.9. The highest BCUT2D eigenvalue weighted by atomic mass is 19.1. The summed E-state index contributed by atoms with van der Waals surface area (Å²) in [7, 11) is 0. The molecule has 0 atom stereocenters. The normalized spacial score (nSPS) is 11.3. The number of pyridine rings is 1. The van der Waals surface area contributed by atoms with Gasteiger partial charge in [0.25, 0.3) is 5.56 Å². The van der Waals surface area contributed by atoms with Crippen LogP contribution in [-0.4, -0.2) is 14.5 Å². The van der Waals surface area contributed by atoms with Crippen LogP contribution < -0.4 is 5.56 Å². The van der Waals surface area contributed by atoms with Crippen molar-refractivity contribution in [2.24, 2.45) is 0 Å². The first-order valence-electron chi connectivity index (χ1n) is 9.37. The third-order valence-corrected chi connectivity index (χ3v) is 5.14. The van der Waals surface area contributed by atoms with Crippen molar-refractivity contribution in [3.63, 3.8) is 0 Å². The van der Waals surface area contributed by atoms with Gasteiger partial charge in [-0.05, 0) is 53.6 Å². The van der Waals surface area contributed by atoms with E-state index in [0.717, 1.165) is 10.9 Å². The molecule has 6 heteroatoms. The lowest BCUT2D eigenvalue weighted by atomic mass is 10.0. The largest absolute Gasteiger partial charge is 0.294 e. The molecule has 0 aliphatic rings. The van der Waals surface area contributed by atoms with Crippen molar-refractivity contribution in [1.82, 2.24) is 14.5 Å². The van der Waals surface area contributed by atoms with Crippen molar-refractivity contribution < 1.29 is 8.78 Å². The molecule has 0 unspecified atom stereocenters. The lowest BCUT2D eigenvalue weighted by molar-refractivity contribution is 0.541. The molecule has 0 bridgehead atoms. The molecule has 0 saturated heterocycles. The quantitative estimate of drug-likeness (QED) is 0.432. The minimum atomic E-state index is -0.712. The standard InChI is InChI=1S/C24H15F2N3O/c25-20-11-17(15-7-8-22-16(10-15)4-3-9-27-22)12-21(26)19(20)13-29-14-28-23-6-2-1-5-18(23)24(29)30/h1-12,14H,13H2. The summed E-state index contributed by atoms with van der Waals surface area (Å²) in [5, 5.41) is 1.29. The van der Waals surface area contributed by atoms with Gasteiger partial charge in [-0.15, -0.1) is 0 Å². The second-order valence-electron chi connectivity index (χ2n) is 7.02. The molecular weight excluding hydrogens is 384 g/mol. The van der Waals surface area contributed by atoms with Crippen LogP contribution in [0.15, 0.2) is 84.0 Å². The average molecular weight is 399 g/mol. The zero-order valence-corrected chi connectivity index (χ0v) is 15.7. The fourth-order valence-electron chi connectivity index (χ4n) is 3.57. The Hall–Kier alpha value is -3.93. The van der Waals surface area contributed by atoms with Gasteiger partial charge in [0.1, 0.15) is 11.6 Å². The van der Waals surface area contributed by atoms with Gasteiger partial charge in [-0.1, -0.05) is 24.3 Å². The van der Waals surface area contributed by atoms with Gasteiger partial charge < -0.3 is 0 Å². The van der Waals surface area contributed by atoms with Crippen LogP contribution in [-0.2, 0) is 6.54 Å². The Labute approximate surface area is 170 Å². The van der Waals surface area contributed by atoms with Gasteiger partial charge >= 0.3 is 0 Å². The van der Waals surface area contributed by atoms with Gasteiger partial charge in [-0.2, -0.15) is 0 Å². The molecule has 30 heavy (non-hydrogen) atoms. The smallest absolute Gasteiger partial charge is 0.261 e. The highest BCUT2D eigenvalue weighted by molar-refractivity contribution is 5.84. The minimum absolute atomic E-state index is 0.180. The van der Waals surface area contributed by atoms with E-state index in [-0.39, 0.29) is 17.7 Å². The molecule has 0 radical (unpaired) electrons. The number of fused-ring (bicyclic) bond motifs is 2. The van der Waals surface area contributed by atoms with Crippen LogP contribution in [0.1, 0.15) is 5.56 Å². The molecule has 0 spiro atoms. The van der Waals surface area contributed by atoms with Crippen molar-refractivity contribution in [3.05, 3.63) is 107 Å². The molecule has 3 aromatic carbocycles. The average Bonchev–Trinajstić information content (AvgIpc) is 2.77. The van der Waals surface area contributed by atoms with Crippen LogP contribution in [0, 0.1) is 11.6 Å². The Balaban J connectivity index is 1.54. The monoisotopic (exact) mass is 399 g/mol. The molecule has 5 rings (SSSR count). The maximum Gasteiger partial charge on any atom is 0.261 e. The zero-order chi connectivity index (χ0) is 20.7. The molecule has 2 heterocycles. The number of hydrogen-bond donors (Lipinski definition) is 0. The van der Waals surface area contributed by atoms with Crippen LogP contribution in [0.25, 0.3) is 32.9 Å². The van der Waals surface area contributed by atoms with Gasteiger partial charge in [-0.25, -0.2) is 13.8 Å². The van der Waals surface area contributed by atoms with Crippen LogP contribution >= 0.6 is 0 Å². The number of benzene rings is 3. The molecule has 5 aromatic rings. The topological polar surface area (TPSA) is 47.8 Å². The van der Waals surface area contributed by atoms with Crippen molar-refractivity contribution in [2.45, 2.75) is 6.54 Å². The van der Waals surface area contributed by atoms with E-state index < -0.39 is 11.6 Å². The van der Waals surface area contributed by atoms with Crippen LogP contribution in [0.2, 0.25) is 0 Å². The van der Waals surface area contributed by atoms with Gasteiger partial charge in [0.05, 0.1) is 29.3 Å². The second-order valence-corrected chi connectivity index (χ2v) is 7.02. The van der Waals surface area contributed by atoms with Crippen molar-refractivity contribution >= 4 is 21.8 Å². The zero-order valence-electron chi connectivity index (χ0n) is 15.7. The van der Waals surface area contributed by atoms with E-state index >= 15 is 0 Å². The van der Waals surface area contributed by atoms with Gasteiger partial charge in [0, 0.05) is 17.1 Å². The molecule has 0 saturated carbocycles. The van der Waals surface area contributed by atoms with E-state index in [1.807, 2.05) is 24.3 Å². The number of nitrogens with zero attached hydrogens (tertiary/aromatic N) is 3. The fourth-order valence-corrected chi connectivity index (χ4v) is 3.57. The predicted molar refractivity (Wildman–Crippen MR) is 112 cm³/mol. The number of para-hydroxylation sites is 1. The SMILES string of the molecule is O=c1c2ccccc2ncn1Cc1c(F)cc(-c2ccc3ncccc3c2)cc1F. The number of hydrogen-bond acceptors (Lipinski definition) is 3. The second kappa shape index (κ2) is 7.15. The minimum Gasteiger partial charge on any atom is -0.294 e. The molecule has 0 aliphatic heterocycles. The number of halogens is 2. The van der Waals surface area contributed by atoms with Gasteiger partial charge in [-0.3, -0.25) is 14.3 Å².